The maximum atomic E-state index is 10.6. The smallest absolute Gasteiger partial charge is 0.314 e. The second-order valence-electron chi connectivity index (χ2n) is 2.83. The third-order valence-electron chi connectivity index (χ3n) is 1.73. The van der Waals surface area contributed by atoms with Crippen LogP contribution in [0.4, 0.5) is 0 Å². The predicted molar refractivity (Wildman–Crippen MR) is 70.1 cm³/mol. The van der Waals surface area contributed by atoms with Crippen LogP contribution in [0.5, 0.6) is 0 Å². The third kappa shape index (κ3) is 6.14. The van der Waals surface area contributed by atoms with Gasteiger partial charge in [-0.2, -0.15) is 0 Å². The van der Waals surface area contributed by atoms with Crippen LogP contribution in [0.15, 0.2) is 58.3 Å². The lowest BCUT2D eigenvalue weighted by Gasteiger charge is -1.88. The Morgan fingerprint density at radius 1 is 0.941 bits per heavy atom. The molecular formula is C13H18N2O2. The van der Waals surface area contributed by atoms with Gasteiger partial charge in [0.1, 0.15) is 0 Å². The number of hydrogen-bond acceptors (Lipinski definition) is 2. The van der Waals surface area contributed by atoms with Crippen molar-refractivity contribution < 1.29 is 0 Å². The first-order chi connectivity index (χ1) is 8.22. The molecule has 92 valence electrons. The van der Waals surface area contributed by atoms with Gasteiger partial charge < -0.3 is 4.98 Å². The predicted octanol–water partition coefficient (Wildman–Crippen LogP) is 1.79. The molecule has 0 aliphatic heterocycles. The van der Waals surface area contributed by atoms with Gasteiger partial charge >= 0.3 is 5.69 Å². The fourth-order valence-electron chi connectivity index (χ4n) is 0.878. The molecule has 1 heterocycles. The molecule has 0 bridgehead atoms. The van der Waals surface area contributed by atoms with E-state index in [4.69, 9.17) is 0 Å². The summed E-state index contributed by atoms with van der Waals surface area (Å²) in [6.45, 7) is 4.00. The minimum Gasteiger partial charge on any atom is -0.314 e. The number of rotatable bonds is 0. The summed E-state index contributed by atoms with van der Waals surface area (Å²) in [4.78, 5) is 23.5. The maximum absolute atomic E-state index is 10.6. The molecule has 1 aromatic carbocycles. The Labute approximate surface area is 101 Å². The minimum atomic E-state index is -0.387. The Bertz CT molecular complexity index is 446. The van der Waals surface area contributed by atoms with E-state index < -0.39 is 0 Å². The second kappa shape index (κ2) is 9.15. The van der Waals surface area contributed by atoms with E-state index in [9.17, 15) is 9.59 Å². The van der Waals surface area contributed by atoms with E-state index in [0.29, 0.717) is 0 Å². The van der Waals surface area contributed by atoms with Crippen LogP contribution in [0.2, 0.25) is 0 Å². The number of hydrogen-bond donors (Lipinski definition) is 1. The Morgan fingerprint density at radius 3 is 1.65 bits per heavy atom. The highest BCUT2D eigenvalue weighted by atomic mass is 16.2. The number of H-pyrrole nitrogens is 1. The molecule has 4 heteroatoms. The highest BCUT2D eigenvalue weighted by molar-refractivity contribution is 4.99. The SMILES string of the molecule is CC.Cn1c(=O)cc[nH]c1=O.c1ccccc1. The van der Waals surface area contributed by atoms with Crippen molar-refractivity contribution in [3.8, 4) is 0 Å². The summed E-state index contributed by atoms with van der Waals surface area (Å²) in [5.74, 6) is 0. The van der Waals surface area contributed by atoms with Gasteiger partial charge in [-0.3, -0.25) is 9.36 Å². The van der Waals surface area contributed by atoms with Crippen LogP contribution in [0, 0.1) is 0 Å². The van der Waals surface area contributed by atoms with Crippen LogP contribution in [0.1, 0.15) is 13.8 Å². The summed E-state index contributed by atoms with van der Waals surface area (Å²) in [5.41, 5.74) is -0.679. The third-order valence-corrected chi connectivity index (χ3v) is 1.73. The van der Waals surface area contributed by atoms with E-state index in [2.05, 4.69) is 4.98 Å². The number of benzene rings is 1. The van der Waals surface area contributed by atoms with Crippen LogP contribution in [-0.2, 0) is 7.05 Å². The van der Waals surface area contributed by atoms with E-state index in [-0.39, 0.29) is 11.2 Å². The molecule has 0 unspecified atom stereocenters. The maximum Gasteiger partial charge on any atom is 0.328 e. The van der Waals surface area contributed by atoms with E-state index in [1.165, 1.54) is 19.3 Å². The zero-order valence-electron chi connectivity index (χ0n) is 10.4. The first-order valence-electron chi connectivity index (χ1n) is 5.46. The molecule has 4 nitrogen and oxygen atoms in total. The van der Waals surface area contributed by atoms with E-state index in [1.54, 1.807) is 0 Å². The molecule has 1 N–H and O–H groups in total. The highest BCUT2D eigenvalue weighted by Gasteiger charge is 1.88. The molecule has 0 aliphatic carbocycles. The van der Waals surface area contributed by atoms with E-state index in [0.717, 1.165) is 4.57 Å². The number of nitrogens with one attached hydrogen (secondary N) is 1. The van der Waals surface area contributed by atoms with Crippen molar-refractivity contribution in [2.45, 2.75) is 13.8 Å². The largest absolute Gasteiger partial charge is 0.328 e. The molecule has 2 aromatic rings. The van der Waals surface area contributed by atoms with Crippen molar-refractivity contribution in [1.29, 1.82) is 0 Å². The molecule has 0 saturated heterocycles. The van der Waals surface area contributed by atoms with Crippen molar-refractivity contribution in [3.63, 3.8) is 0 Å². The Kier molecular flexibility index (Phi) is 8.02. The topological polar surface area (TPSA) is 54.9 Å². The zero-order valence-corrected chi connectivity index (χ0v) is 10.4. The molecule has 2 rings (SSSR count). The van der Waals surface area contributed by atoms with Gasteiger partial charge in [0, 0.05) is 19.3 Å². The van der Waals surface area contributed by atoms with Crippen molar-refractivity contribution in [3.05, 3.63) is 69.5 Å². The van der Waals surface area contributed by atoms with Crippen molar-refractivity contribution in [1.82, 2.24) is 9.55 Å². The number of aromatic amines is 1. The van der Waals surface area contributed by atoms with Gasteiger partial charge in [0.25, 0.3) is 5.56 Å². The van der Waals surface area contributed by atoms with Crippen LogP contribution < -0.4 is 11.2 Å². The summed E-state index contributed by atoms with van der Waals surface area (Å²) in [6, 6.07) is 13.3. The van der Waals surface area contributed by atoms with Crippen LogP contribution >= 0.6 is 0 Å². The van der Waals surface area contributed by atoms with Crippen molar-refractivity contribution >= 4 is 0 Å². The van der Waals surface area contributed by atoms with Crippen LogP contribution in [0.25, 0.3) is 0 Å². The molecule has 0 saturated carbocycles. The fraction of sp³-hybridized carbons (Fsp3) is 0.231. The average Bonchev–Trinajstić information content (AvgIpc) is 2.41. The molecule has 0 amide bonds. The Balaban J connectivity index is 0.000000278. The van der Waals surface area contributed by atoms with Crippen molar-refractivity contribution in [2.24, 2.45) is 7.05 Å². The summed E-state index contributed by atoms with van der Waals surface area (Å²) < 4.78 is 1.00. The monoisotopic (exact) mass is 234 g/mol. The van der Waals surface area contributed by atoms with Gasteiger partial charge in [-0.05, 0) is 0 Å². The quantitative estimate of drug-likeness (QED) is 0.755. The molecule has 0 atom stereocenters. The summed E-state index contributed by atoms with van der Waals surface area (Å²) in [7, 11) is 1.42. The second-order valence-corrected chi connectivity index (χ2v) is 2.83. The Morgan fingerprint density at radius 2 is 1.35 bits per heavy atom. The highest BCUT2D eigenvalue weighted by Crippen LogP contribution is 1.79. The first kappa shape index (κ1) is 14.9. The molecule has 0 spiro atoms. The molecular weight excluding hydrogens is 216 g/mol. The van der Waals surface area contributed by atoms with Crippen LogP contribution in [0.3, 0.4) is 0 Å². The minimum absolute atomic E-state index is 0.293. The van der Waals surface area contributed by atoms with Gasteiger partial charge in [-0.1, -0.05) is 50.2 Å². The van der Waals surface area contributed by atoms with E-state index >= 15 is 0 Å². The van der Waals surface area contributed by atoms with E-state index in [1.807, 2.05) is 50.2 Å². The zero-order chi connectivity index (χ0) is 13.1. The number of nitrogens with zero attached hydrogens (tertiary/aromatic N) is 1. The fourth-order valence-corrected chi connectivity index (χ4v) is 0.878. The molecule has 0 fully saturated rings. The molecule has 0 aliphatic rings. The molecule has 1 aromatic heterocycles. The lowest BCUT2D eigenvalue weighted by molar-refractivity contribution is 0.775. The van der Waals surface area contributed by atoms with Gasteiger partial charge in [0.2, 0.25) is 0 Å². The van der Waals surface area contributed by atoms with Gasteiger partial charge in [-0.15, -0.1) is 0 Å². The Hall–Kier alpha value is -2.10. The molecule has 0 radical (unpaired) electrons. The van der Waals surface area contributed by atoms with Gasteiger partial charge in [0.15, 0.2) is 0 Å². The first-order valence-corrected chi connectivity index (χ1v) is 5.46. The summed E-state index contributed by atoms with van der Waals surface area (Å²) in [5, 5.41) is 0. The molecule has 17 heavy (non-hydrogen) atoms. The van der Waals surface area contributed by atoms with Crippen molar-refractivity contribution in [2.75, 3.05) is 0 Å². The van der Waals surface area contributed by atoms with Crippen LogP contribution in [-0.4, -0.2) is 9.55 Å². The average molecular weight is 234 g/mol. The standard InChI is InChI=1S/C6H6.C5H6N2O2.C2H6/c1-2-4-6-5-3-1;1-7-4(8)2-3-6-5(7)9;1-2/h1-6H;2-3H,1H3,(H,6,9);1-2H3. The summed E-state index contributed by atoms with van der Waals surface area (Å²) in [6.07, 6.45) is 1.32. The van der Waals surface area contributed by atoms with Gasteiger partial charge in [-0.25, -0.2) is 4.79 Å². The van der Waals surface area contributed by atoms with Gasteiger partial charge in [0.05, 0.1) is 0 Å². The normalized spacial score (nSPS) is 8.18. The number of aromatic nitrogens is 2. The lowest BCUT2D eigenvalue weighted by atomic mass is 10.4. The lowest BCUT2D eigenvalue weighted by Crippen LogP contribution is -2.30. The summed E-state index contributed by atoms with van der Waals surface area (Å²) >= 11 is 0.